The highest BCUT2D eigenvalue weighted by Crippen LogP contribution is 2.28. The summed E-state index contributed by atoms with van der Waals surface area (Å²) in [4.78, 5) is 14.7. The van der Waals surface area contributed by atoms with E-state index in [2.05, 4.69) is 22.5 Å². The van der Waals surface area contributed by atoms with Gasteiger partial charge in [0.25, 0.3) is 0 Å². The Labute approximate surface area is 143 Å². The molecular weight excluding hydrogens is 314 g/mol. The van der Waals surface area contributed by atoms with E-state index >= 15 is 0 Å². The molecule has 0 aliphatic carbocycles. The van der Waals surface area contributed by atoms with Crippen molar-refractivity contribution in [2.45, 2.75) is 39.2 Å². The largest absolute Gasteiger partial charge is 0.492 e. The average molecular weight is 340 g/mol. The number of anilines is 1. The second kappa shape index (κ2) is 8.99. The van der Waals surface area contributed by atoms with Gasteiger partial charge in [-0.05, 0) is 50.9 Å². The van der Waals surface area contributed by atoms with E-state index in [0.29, 0.717) is 23.1 Å². The Kier molecular flexibility index (Phi) is 6.99. The Morgan fingerprint density at radius 2 is 2.09 bits per heavy atom. The fourth-order valence-corrected chi connectivity index (χ4v) is 3.01. The number of ether oxygens (including phenoxy) is 1. The molecule has 1 fully saturated rings. The lowest BCUT2D eigenvalue weighted by molar-refractivity contribution is 0.196. The number of rotatable bonds is 6. The molecule has 1 heterocycles. The van der Waals surface area contributed by atoms with Gasteiger partial charge in [-0.15, -0.1) is 0 Å². The third kappa shape index (κ3) is 5.59. The second-order valence-electron chi connectivity index (χ2n) is 5.79. The van der Waals surface area contributed by atoms with Crippen molar-refractivity contribution >= 4 is 23.3 Å². The number of urea groups is 1. The van der Waals surface area contributed by atoms with Crippen LogP contribution >= 0.6 is 11.6 Å². The minimum Gasteiger partial charge on any atom is -0.492 e. The molecule has 1 aliphatic rings. The van der Waals surface area contributed by atoms with E-state index in [1.54, 1.807) is 18.2 Å². The van der Waals surface area contributed by atoms with Crippen LogP contribution in [0.4, 0.5) is 10.5 Å². The summed E-state index contributed by atoms with van der Waals surface area (Å²) in [7, 11) is 0. The van der Waals surface area contributed by atoms with E-state index in [4.69, 9.17) is 16.3 Å². The molecule has 0 bridgehead atoms. The fourth-order valence-electron chi connectivity index (χ4n) is 2.84. The van der Waals surface area contributed by atoms with Crippen molar-refractivity contribution in [1.82, 2.24) is 10.2 Å². The number of nitrogens with zero attached hydrogens (tertiary/aromatic N) is 1. The average Bonchev–Trinajstić information content (AvgIpc) is 2.52. The maximum Gasteiger partial charge on any atom is 0.319 e. The number of carbonyl (C=O) groups is 1. The van der Waals surface area contributed by atoms with Crippen LogP contribution in [0.2, 0.25) is 5.02 Å². The van der Waals surface area contributed by atoms with Crippen LogP contribution in [0.1, 0.15) is 33.1 Å². The highest BCUT2D eigenvalue weighted by molar-refractivity contribution is 6.31. The quantitative estimate of drug-likeness (QED) is 0.830. The molecule has 1 aromatic carbocycles. The maximum absolute atomic E-state index is 12.2. The Morgan fingerprint density at radius 3 is 2.74 bits per heavy atom. The van der Waals surface area contributed by atoms with Crippen LogP contribution in [0.25, 0.3) is 0 Å². The zero-order chi connectivity index (χ0) is 16.7. The summed E-state index contributed by atoms with van der Waals surface area (Å²) < 4.78 is 5.52. The highest BCUT2D eigenvalue weighted by Gasteiger charge is 2.20. The first-order chi connectivity index (χ1) is 11.1. The lowest BCUT2D eigenvalue weighted by atomic mass is 10.1. The molecule has 0 spiro atoms. The van der Waals surface area contributed by atoms with Gasteiger partial charge < -0.3 is 20.3 Å². The van der Waals surface area contributed by atoms with Crippen LogP contribution in [0.5, 0.6) is 5.75 Å². The van der Waals surface area contributed by atoms with E-state index in [0.717, 1.165) is 32.5 Å². The van der Waals surface area contributed by atoms with Gasteiger partial charge in [0.1, 0.15) is 5.75 Å². The third-order valence-electron chi connectivity index (χ3n) is 3.95. The van der Waals surface area contributed by atoms with Gasteiger partial charge in [-0.25, -0.2) is 4.79 Å². The van der Waals surface area contributed by atoms with Crippen LogP contribution in [0, 0.1) is 0 Å². The molecule has 1 saturated heterocycles. The molecule has 2 N–H and O–H groups in total. The predicted molar refractivity (Wildman–Crippen MR) is 94.5 cm³/mol. The Morgan fingerprint density at radius 1 is 1.35 bits per heavy atom. The molecule has 1 aromatic rings. The SMILES string of the molecule is CCCN1CCC(NC(=O)Nc2cc(Cl)ccc2OCC)CC1. The zero-order valence-electron chi connectivity index (χ0n) is 13.9. The van der Waals surface area contributed by atoms with Crippen LogP contribution in [-0.2, 0) is 0 Å². The van der Waals surface area contributed by atoms with Gasteiger partial charge in [0, 0.05) is 24.2 Å². The van der Waals surface area contributed by atoms with Crippen molar-refractivity contribution in [1.29, 1.82) is 0 Å². The standard InChI is InChI=1S/C17H26ClN3O2/c1-3-9-21-10-7-14(8-11-21)19-17(22)20-15-12-13(18)5-6-16(15)23-4-2/h5-6,12,14H,3-4,7-11H2,1-2H3,(H2,19,20,22). The predicted octanol–water partition coefficient (Wildman–Crippen LogP) is 3.73. The highest BCUT2D eigenvalue weighted by atomic mass is 35.5. The van der Waals surface area contributed by atoms with Gasteiger partial charge in [-0.2, -0.15) is 0 Å². The Balaban J connectivity index is 1.87. The number of piperidine rings is 1. The zero-order valence-corrected chi connectivity index (χ0v) is 14.7. The molecule has 2 amide bonds. The summed E-state index contributed by atoms with van der Waals surface area (Å²) in [6.45, 7) is 7.86. The lowest BCUT2D eigenvalue weighted by Crippen LogP contribution is -2.46. The van der Waals surface area contributed by atoms with Crippen molar-refractivity contribution in [3.63, 3.8) is 0 Å². The molecule has 6 heteroatoms. The number of carbonyl (C=O) groups excluding carboxylic acids is 1. The molecule has 2 rings (SSSR count). The van der Waals surface area contributed by atoms with Gasteiger partial charge >= 0.3 is 6.03 Å². The smallest absolute Gasteiger partial charge is 0.319 e. The molecule has 0 atom stereocenters. The molecule has 0 radical (unpaired) electrons. The molecule has 1 aliphatic heterocycles. The van der Waals surface area contributed by atoms with Crippen molar-refractivity contribution in [3.05, 3.63) is 23.2 Å². The monoisotopic (exact) mass is 339 g/mol. The van der Waals surface area contributed by atoms with Crippen molar-refractivity contribution in [3.8, 4) is 5.75 Å². The number of benzene rings is 1. The van der Waals surface area contributed by atoms with E-state index in [1.807, 2.05) is 6.92 Å². The Bertz CT molecular complexity index is 517. The van der Waals surface area contributed by atoms with Crippen LogP contribution in [0.3, 0.4) is 0 Å². The Hall–Kier alpha value is -1.46. The maximum atomic E-state index is 12.2. The van der Waals surface area contributed by atoms with E-state index in [-0.39, 0.29) is 12.1 Å². The van der Waals surface area contributed by atoms with Crippen molar-refractivity contribution in [2.24, 2.45) is 0 Å². The molecule has 5 nitrogen and oxygen atoms in total. The van der Waals surface area contributed by atoms with Crippen molar-refractivity contribution < 1.29 is 9.53 Å². The number of likely N-dealkylation sites (tertiary alicyclic amines) is 1. The minimum absolute atomic E-state index is 0.206. The lowest BCUT2D eigenvalue weighted by Gasteiger charge is -2.32. The third-order valence-corrected chi connectivity index (χ3v) is 4.19. The van der Waals surface area contributed by atoms with E-state index < -0.39 is 0 Å². The van der Waals surface area contributed by atoms with Crippen LogP contribution in [-0.4, -0.2) is 43.2 Å². The fraction of sp³-hybridized carbons (Fsp3) is 0.588. The summed E-state index contributed by atoms with van der Waals surface area (Å²) >= 11 is 6.01. The van der Waals surface area contributed by atoms with Gasteiger partial charge in [-0.3, -0.25) is 0 Å². The number of nitrogens with one attached hydrogen (secondary N) is 2. The summed E-state index contributed by atoms with van der Waals surface area (Å²) in [6.07, 6.45) is 3.15. The molecule has 0 unspecified atom stereocenters. The molecule has 128 valence electrons. The summed E-state index contributed by atoms with van der Waals surface area (Å²) in [6, 6.07) is 5.24. The van der Waals surface area contributed by atoms with Gasteiger partial charge in [0.15, 0.2) is 0 Å². The summed E-state index contributed by atoms with van der Waals surface area (Å²) in [5, 5.41) is 6.46. The van der Waals surface area contributed by atoms with Crippen LogP contribution < -0.4 is 15.4 Å². The number of halogens is 1. The molecule has 0 aromatic heterocycles. The van der Waals surface area contributed by atoms with Gasteiger partial charge in [0.05, 0.1) is 12.3 Å². The van der Waals surface area contributed by atoms with E-state index in [1.165, 1.54) is 6.42 Å². The molecular formula is C17H26ClN3O2. The number of hydrogen-bond acceptors (Lipinski definition) is 3. The second-order valence-corrected chi connectivity index (χ2v) is 6.22. The van der Waals surface area contributed by atoms with Gasteiger partial charge in [-0.1, -0.05) is 18.5 Å². The van der Waals surface area contributed by atoms with Crippen molar-refractivity contribution in [2.75, 3.05) is 31.6 Å². The number of amides is 2. The minimum atomic E-state index is -0.206. The summed E-state index contributed by atoms with van der Waals surface area (Å²) in [5.41, 5.74) is 0.597. The van der Waals surface area contributed by atoms with Crippen LogP contribution in [0.15, 0.2) is 18.2 Å². The van der Waals surface area contributed by atoms with Gasteiger partial charge in [0.2, 0.25) is 0 Å². The first-order valence-corrected chi connectivity index (χ1v) is 8.72. The molecule has 0 saturated carbocycles. The summed E-state index contributed by atoms with van der Waals surface area (Å²) in [5.74, 6) is 0.629. The first-order valence-electron chi connectivity index (χ1n) is 8.34. The normalized spacial score (nSPS) is 16.1. The topological polar surface area (TPSA) is 53.6 Å². The number of hydrogen-bond donors (Lipinski definition) is 2. The molecule has 23 heavy (non-hydrogen) atoms. The first kappa shape index (κ1) is 17.9. The van der Waals surface area contributed by atoms with E-state index in [9.17, 15) is 4.79 Å².